The largest absolute Gasteiger partial charge is 0.493 e. The number of amides is 1. The number of hydrogen-bond donors (Lipinski definition) is 1. The standard InChI is InChI=1S/C25H26N4O3S2/c1-15(2)24-28-29-22(26)19(23(30)27-25(29)34-24)13-17-7-10-20(21(14-17)31-4)32-11-12-33-18-8-5-16(3)6-9-18/h5-10,13-15,26H,11-12H2,1-4H3. The van der Waals surface area contributed by atoms with E-state index in [1.165, 1.54) is 27.2 Å². The van der Waals surface area contributed by atoms with E-state index in [0.29, 0.717) is 28.8 Å². The summed E-state index contributed by atoms with van der Waals surface area (Å²) in [6.45, 7) is 6.63. The summed E-state index contributed by atoms with van der Waals surface area (Å²) in [7, 11) is 1.58. The van der Waals surface area contributed by atoms with Crippen LogP contribution in [-0.2, 0) is 4.79 Å². The molecule has 0 atom stereocenters. The van der Waals surface area contributed by atoms with Crippen LogP contribution < -0.4 is 9.47 Å². The van der Waals surface area contributed by atoms with Gasteiger partial charge in [-0.25, -0.2) is 0 Å². The lowest BCUT2D eigenvalue weighted by Crippen LogP contribution is -2.35. The van der Waals surface area contributed by atoms with Gasteiger partial charge in [0.05, 0.1) is 19.3 Å². The van der Waals surface area contributed by atoms with Crippen molar-refractivity contribution in [2.75, 3.05) is 19.5 Å². The number of hydrazone groups is 1. The van der Waals surface area contributed by atoms with Gasteiger partial charge in [-0.05, 0) is 54.6 Å². The van der Waals surface area contributed by atoms with E-state index >= 15 is 0 Å². The molecule has 2 heterocycles. The third kappa shape index (κ3) is 5.37. The summed E-state index contributed by atoms with van der Waals surface area (Å²) in [6, 6.07) is 13.8. The Morgan fingerprint density at radius 2 is 1.94 bits per heavy atom. The van der Waals surface area contributed by atoms with Gasteiger partial charge in [0.1, 0.15) is 5.04 Å². The number of rotatable bonds is 8. The second kappa shape index (κ2) is 10.5. The Hall–Kier alpha value is -3.04. The predicted octanol–water partition coefficient (Wildman–Crippen LogP) is 5.45. The number of amidine groups is 2. The molecule has 1 amide bonds. The van der Waals surface area contributed by atoms with Gasteiger partial charge in [0.25, 0.3) is 5.91 Å². The first-order valence-corrected chi connectivity index (χ1v) is 12.7. The van der Waals surface area contributed by atoms with E-state index < -0.39 is 5.91 Å². The number of carbonyl (C=O) groups is 1. The van der Waals surface area contributed by atoms with Crippen molar-refractivity contribution in [2.45, 2.75) is 25.7 Å². The molecule has 0 aliphatic carbocycles. The van der Waals surface area contributed by atoms with E-state index in [2.05, 4.69) is 41.3 Å². The molecule has 2 aliphatic heterocycles. The van der Waals surface area contributed by atoms with Crippen LogP contribution in [0.3, 0.4) is 0 Å². The number of methoxy groups -OCH3 is 1. The van der Waals surface area contributed by atoms with E-state index in [0.717, 1.165) is 10.8 Å². The highest BCUT2D eigenvalue weighted by atomic mass is 32.2. The molecule has 4 rings (SSSR count). The number of carbonyl (C=O) groups excluding carboxylic acids is 1. The fraction of sp³-hybridized carbons (Fsp3) is 0.280. The molecule has 0 aromatic heterocycles. The molecule has 0 fully saturated rings. The molecule has 34 heavy (non-hydrogen) atoms. The fourth-order valence-electron chi connectivity index (χ4n) is 3.25. The summed E-state index contributed by atoms with van der Waals surface area (Å²) in [5.74, 6) is 1.76. The molecule has 1 N–H and O–H groups in total. The normalized spacial score (nSPS) is 16.6. The van der Waals surface area contributed by atoms with Crippen LogP contribution in [0.4, 0.5) is 0 Å². The van der Waals surface area contributed by atoms with Crippen molar-refractivity contribution in [3.8, 4) is 11.5 Å². The highest BCUT2D eigenvalue weighted by Gasteiger charge is 2.36. The van der Waals surface area contributed by atoms with Gasteiger partial charge in [-0.3, -0.25) is 10.2 Å². The fourth-order valence-corrected chi connectivity index (χ4v) is 4.87. The van der Waals surface area contributed by atoms with Crippen LogP contribution in [0.2, 0.25) is 0 Å². The number of benzene rings is 2. The van der Waals surface area contributed by atoms with Crippen LogP contribution in [0, 0.1) is 18.3 Å². The van der Waals surface area contributed by atoms with Gasteiger partial charge in [0.2, 0.25) is 5.17 Å². The summed E-state index contributed by atoms with van der Waals surface area (Å²) in [6.07, 6.45) is 1.64. The van der Waals surface area contributed by atoms with Gasteiger partial charge >= 0.3 is 0 Å². The first kappa shape index (κ1) is 24.1. The van der Waals surface area contributed by atoms with Gasteiger partial charge in [0, 0.05) is 16.6 Å². The summed E-state index contributed by atoms with van der Waals surface area (Å²) >= 11 is 3.07. The quantitative estimate of drug-likeness (QED) is 0.298. The van der Waals surface area contributed by atoms with E-state index in [4.69, 9.17) is 14.9 Å². The van der Waals surface area contributed by atoms with Crippen molar-refractivity contribution >= 4 is 51.6 Å². The van der Waals surface area contributed by atoms with Gasteiger partial charge in [-0.1, -0.05) is 37.6 Å². The van der Waals surface area contributed by atoms with Crippen molar-refractivity contribution in [1.82, 2.24) is 5.01 Å². The summed E-state index contributed by atoms with van der Waals surface area (Å²) in [4.78, 5) is 17.9. The zero-order valence-electron chi connectivity index (χ0n) is 19.5. The molecule has 0 spiro atoms. The minimum Gasteiger partial charge on any atom is -0.493 e. The summed E-state index contributed by atoms with van der Waals surface area (Å²) in [5.41, 5.74) is 2.14. The van der Waals surface area contributed by atoms with Crippen LogP contribution in [0.1, 0.15) is 25.0 Å². The Labute approximate surface area is 207 Å². The lowest BCUT2D eigenvalue weighted by Gasteiger charge is -2.20. The Kier molecular flexibility index (Phi) is 7.43. The molecule has 2 aromatic carbocycles. The maximum Gasteiger partial charge on any atom is 0.283 e. The van der Waals surface area contributed by atoms with Gasteiger partial charge in [-0.15, -0.1) is 11.8 Å². The van der Waals surface area contributed by atoms with Crippen LogP contribution in [0.25, 0.3) is 6.08 Å². The molecular weight excluding hydrogens is 468 g/mol. The molecule has 0 saturated heterocycles. The molecule has 9 heteroatoms. The van der Waals surface area contributed by atoms with Gasteiger partial charge in [0.15, 0.2) is 17.3 Å². The predicted molar refractivity (Wildman–Crippen MR) is 140 cm³/mol. The Bertz CT molecular complexity index is 1200. The maximum atomic E-state index is 12.6. The molecule has 2 aromatic rings. The average Bonchev–Trinajstić information content (AvgIpc) is 3.25. The smallest absolute Gasteiger partial charge is 0.283 e. The number of thioether (sulfide) groups is 2. The number of aliphatic imine (C=N–C) groups is 1. The van der Waals surface area contributed by atoms with Gasteiger partial charge < -0.3 is 9.47 Å². The van der Waals surface area contributed by atoms with Crippen LogP contribution in [0.5, 0.6) is 11.5 Å². The Morgan fingerprint density at radius 3 is 2.65 bits per heavy atom. The van der Waals surface area contributed by atoms with Crippen molar-refractivity contribution < 1.29 is 14.3 Å². The zero-order valence-corrected chi connectivity index (χ0v) is 21.1. The summed E-state index contributed by atoms with van der Waals surface area (Å²) < 4.78 is 11.4. The number of fused-ring (bicyclic) bond motifs is 1. The van der Waals surface area contributed by atoms with Crippen LogP contribution in [-0.4, -0.2) is 46.4 Å². The molecule has 176 valence electrons. The highest BCUT2D eigenvalue weighted by Crippen LogP contribution is 2.33. The zero-order chi connectivity index (χ0) is 24.2. The molecule has 2 aliphatic rings. The molecule has 0 radical (unpaired) electrons. The third-order valence-corrected chi connectivity index (χ3v) is 7.28. The number of nitrogens with one attached hydrogen (secondary N) is 1. The number of aryl methyl sites for hydroxylation is 1. The Balaban J connectivity index is 1.44. The minimum absolute atomic E-state index is 0.0190. The van der Waals surface area contributed by atoms with Crippen molar-refractivity contribution in [1.29, 1.82) is 5.41 Å². The Morgan fingerprint density at radius 1 is 1.18 bits per heavy atom. The number of nitrogens with zero attached hydrogens (tertiary/aromatic N) is 3. The maximum absolute atomic E-state index is 12.6. The molecule has 0 saturated carbocycles. The van der Waals surface area contributed by atoms with Crippen molar-refractivity contribution in [3.63, 3.8) is 0 Å². The highest BCUT2D eigenvalue weighted by molar-refractivity contribution is 8.27. The SMILES string of the molecule is COc1cc(C=C2C(=N)N3N=C(C(C)C)SC3=NC2=O)ccc1OCCSc1ccc(C)cc1. The minimum atomic E-state index is -0.448. The van der Waals surface area contributed by atoms with Crippen molar-refractivity contribution in [3.05, 3.63) is 59.2 Å². The van der Waals surface area contributed by atoms with Crippen LogP contribution in [0.15, 0.2) is 63.0 Å². The van der Waals surface area contributed by atoms with E-state index in [1.54, 1.807) is 31.0 Å². The first-order valence-electron chi connectivity index (χ1n) is 10.9. The van der Waals surface area contributed by atoms with Gasteiger partial charge in [-0.2, -0.15) is 15.1 Å². The second-order valence-corrected chi connectivity index (χ2v) is 10.2. The molecular formula is C25H26N4O3S2. The first-order chi connectivity index (χ1) is 16.4. The van der Waals surface area contributed by atoms with Crippen LogP contribution >= 0.6 is 23.5 Å². The number of ether oxygens (including phenoxy) is 2. The lowest BCUT2D eigenvalue weighted by molar-refractivity contribution is -0.114. The molecule has 0 bridgehead atoms. The molecule has 7 nitrogen and oxygen atoms in total. The summed E-state index contributed by atoms with van der Waals surface area (Å²) in [5, 5.41) is 15.6. The second-order valence-electron chi connectivity index (χ2n) is 8.03. The van der Waals surface area contributed by atoms with E-state index in [9.17, 15) is 4.79 Å². The lowest BCUT2D eigenvalue weighted by atomic mass is 10.1. The third-order valence-electron chi connectivity index (χ3n) is 5.09. The molecule has 0 unspecified atom stereocenters. The van der Waals surface area contributed by atoms with E-state index in [-0.39, 0.29) is 17.3 Å². The number of hydrogen-bond acceptors (Lipinski definition) is 7. The van der Waals surface area contributed by atoms with E-state index in [1.807, 2.05) is 26.0 Å². The average molecular weight is 495 g/mol. The van der Waals surface area contributed by atoms with Crippen molar-refractivity contribution in [2.24, 2.45) is 16.0 Å². The topological polar surface area (TPSA) is 87.3 Å². The monoisotopic (exact) mass is 494 g/mol.